The Kier molecular flexibility index (Phi) is 6.94. The molecule has 3 aliphatic rings. The van der Waals surface area contributed by atoms with Crippen LogP contribution in [0, 0.1) is 39.9 Å². The molecule has 208 valence electrons. The van der Waals surface area contributed by atoms with Crippen molar-refractivity contribution < 1.29 is 9.59 Å². The van der Waals surface area contributed by atoms with Gasteiger partial charge in [0, 0.05) is 50.2 Å². The van der Waals surface area contributed by atoms with E-state index in [0.717, 1.165) is 16.5 Å². The maximum absolute atomic E-state index is 14.4. The zero-order chi connectivity index (χ0) is 29.4. The summed E-state index contributed by atoms with van der Waals surface area (Å²) in [5, 5.41) is 31.2. The Bertz CT molecular complexity index is 1730. The number of carbonyl (C=O) groups is 2. The van der Waals surface area contributed by atoms with Crippen LogP contribution in [-0.2, 0) is 11.2 Å². The molecule has 0 saturated carbocycles. The van der Waals surface area contributed by atoms with Gasteiger partial charge >= 0.3 is 0 Å². The summed E-state index contributed by atoms with van der Waals surface area (Å²) in [6.45, 7) is 6.06. The Hall–Kier alpha value is -5.40. The van der Waals surface area contributed by atoms with Crippen molar-refractivity contribution in [3.63, 3.8) is 0 Å². The SMILES string of the molecule is C=CC(=O)N1CCN(c2nc(N3CC(C#N)C3)c(C#N)c3c2CCN(c2cccc4ccccc24)C3=O)C[C@H]1CC#N. The Morgan fingerprint density at radius 2 is 1.79 bits per heavy atom. The van der Waals surface area contributed by atoms with Gasteiger partial charge in [-0.2, -0.15) is 15.8 Å². The van der Waals surface area contributed by atoms with Crippen LogP contribution in [0.1, 0.15) is 27.9 Å². The number of piperazine rings is 1. The smallest absolute Gasteiger partial charge is 0.260 e. The standard InChI is InChI=1S/C32H28N8O2/c1-2-28(41)39-15-14-37(20-23(39)10-12-33)30-25-11-13-40(27-9-5-7-22-6-3-4-8-24(22)27)32(42)29(25)26(17-35)31(36-30)38-18-21(16-34)19-38/h2-9,21,23H,1,10-11,13-15,18-20H2/t23-/m1/s1. The Labute approximate surface area is 243 Å². The average molecular weight is 557 g/mol. The first-order valence-electron chi connectivity index (χ1n) is 13.9. The third-order valence-electron chi connectivity index (χ3n) is 8.40. The summed E-state index contributed by atoms with van der Waals surface area (Å²) in [6, 6.07) is 20.1. The van der Waals surface area contributed by atoms with Gasteiger partial charge in [0.05, 0.1) is 41.8 Å². The van der Waals surface area contributed by atoms with Crippen molar-refractivity contribution in [2.75, 3.05) is 54.0 Å². The number of nitrogens with zero attached hydrogens (tertiary/aromatic N) is 8. The van der Waals surface area contributed by atoms with Crippen LogP contribution >= 0.6 is 0 Å². The van der Waals surface area contributed by atoms with E-state index in [0.29, 0.717) is 68.5 Å². The second-order valence-corrected chi connectivity index (χ2v) is 10.7. The molecule has 1 atom stereocenters. The monoisotopic (exact) mass is 556 g/mol. The lowest BCUT2D eigenvalue weighted by Gasteiger charge is -2.43. The maximum Gasteiger partial charge on any atom is 0.260 e. The number of hydrogen-bond donors (Lipinski definition) is 0. The van der Waals surface area contributed by atoms with E-state index in [1.165, 1.54) is 6.08 Å². The molecule has 6 rings (SSSR count). The molecule has 3 aliphatic heterocycles. The van der Waals surface area contributed by atoms with Crippen LogP contribution in [-0.4, -0.2) is 67.0 Å². The fraction of sp³-hybridized carbons (Fsp3) is 0.312. The molecule has 2 amide bonds. The molecule has 10 heteroatoms. The summed E-state index contributed by atoms with van der Waals surface area (Å²) in [7, 11) is 0. The largest absolute Gasteiger partial charge is 0.353 e. The Balaban J connectivity index is 1.46. The van der Waals surface area contributed by atoms with E-state index in [9.17, 15) is 25.4 Å². The summed E-state index contributed by atoms with van der Waals surface area (Å²) in [5.74, 6) is 0.329. The van der Waals surface area contributed by atoms with Gasteiger partial charge in [-0.05, 0) is 23.9 Å². The first kappa shape index (κ1) is 26.8. The molecule has 0 spiro atoms. The summed E-state index contributed by atoms with van der Waals surface area (Å²) in [4.78, 5) is 39.2. The summed E-state index contributed by atoms with van der Waals surface area (Å²) >= 11 is 0. The number of nitriles is 3. The predicted octanol–water partition coefficient (Wildman–Crippen LogP) is 3.39. The summed E-state index contributed by atoms with van der Waals surface area (Å²) in [5.41, 5.74) is 2.03. The van der Waals surface area contributed by atoms with Crippen LogP contribution in [0.3, 0.4) is 0 Å². The van der Waals surface area contributed by atoms with E-state index in [4.69, 9.17) is 4.98 Å². The van der Waals surface area contributed by atoms with E-state index in [1.807, 2.05) is 52.3 Å². The molecular weight excluding hydrogens is 528 g/mol. The highest BCUT2D eigenvalue weighted by Gasteiger charge is 2.39. The molecule has 2 fully saturated rings. The molecule has 0 radical (unpaired) electrons. The van der Waals surface area contributed by atoms with Gasteiger partial charge in [0.25, 0.3) is 5.91 Å². The van der Waals surface area contributed by atoms with Crippen LogP contribution in [0.4, 0.5) is 17.3 Å². The molecule has 0 bridgehead atoms. The average Bonchev–Trinajstić information content (AvgIpc) is 3.00. The molecule has 0 unspecified atom stereocenters. The van der Waals surface area contributed by atoms with Gasteiger partial charge in [0.15, 0.2) is 0 Å². The van der Waals surface area contributed by atoms with Crippen molar-refractivity contribution >= 4 is 39.9 Å². The fourth-order valence-corrected chi connectivity index (χ4v) is 6.27. The molecule has 42 heavy (non-hydrogen) atoms. The van der Waals surface area contributed by atoms with Gasteiger partial charge in [-0.1, -0.05) is 43.0 Å². The van der Waals surface area contributed by atoms with Crippen molar-refractivity contribution in [2.45, 2.75) is 18.9 Å². The highest BCUT2D eigenvalue weighted by atomic mass is 16.2. The molecule has 0 N–H and O–H groups in total. The topological polar surface area (TPSA) is 131 Å². The number of hydrogen-bond acceptors (Lipinski definition) is 8. The van der Waals surface area contributed by atoms with Gasteiger partial charge in [-0.15, -0.1) is 0 Å². The molecular formula is C32H28N8O2. The number of fused-ring (bicyclic) bond motifs is 2. The number of rotatable bonds is 5. The summed E-state index contributed by atoms with van der Waals surface area (Å²) < 4.78 is 0. The number of carbonyl (C=O) groups excluding carboxylic acids is 2. The first-order chi connectivity index (χ1) is 20.5. The fourth-order valence-electron chi connectivity index (χ4n) is 6.27. The number of benzene rings is 2. The third kappa shape index (κ3) is 4.36. The summed E-state index contributed by atoms with van der Waals surface area (Å²) in [6.07, 6.45) is 1.89. The molecule has 0 aliphatic carbocycles. The minimum absolute atomic E-state index is 0.144. The van der Waals surface area contributed by atoms with Crippen molar-refractivity contribution in [3.05, 3.63) is 71.8 Å². The lowest BCUT2D eigenvalue weighted by Crippen LogP contribution is -2.55. The number of pyridine rings is 1. The quantitative estimate of drug-likeness (QED) is 0.437. The third-order valence-corrected chi connectivity index (χ3v) is 8.40. The predicted molar refractivity (Wildman–Crippen MR) is 158 cm³/mol. The second-order valence-electron chi connectivity index (χ2n) is 10.7. The van der Waals surface area contributed by atoms with Crippen LogP contribution < -0.4 is 14.7 Å². The number of aromatic nitrogens is 1. The van der Waals surface area contributed by atoms with Crippen molar-refractivity contribution in [1.29, 1.82) is 15.8 Å². The molecule has 2 aromatic carbocycles. The lowest BCUT2D eigenvalue weighted by atomic mass is 9.92. The van der Waals surface area contributed by atoms with Gasteiger partial charge < -0.3 is 19.6 Å². The van der Waals surface area contributed by atoms with Crippen molar-refractivity contribution in [3.8, 4) is 18.2 Å². The van der Waals surface area contributed by atoms with Gasteiger partial charge in [0.2, 0.25) is 5.91 Å². The zero-order valence-corrected chi connectivity index (χ0v) is 23.0. The molecule has 2 saturated heterocycles. The first-order valence-corrected chi connectivity index (χ1v) is 13.9. The Morgan fingerprint density at radius 1 is 1.00 bits per heavy atom. The second kappa shape index (κ2) is 10.9. The lowest BCUT2D eigenvalue weighted by molar-refractivity contribution is -0.128. The van der Waals surface area contributed by atoms with E-state index in [-0.39, 0.29) is 35.8 Å². The van der Waals surface area contributed by atoms with Gasteiger partial charge in [-0.3, -0.25) is 9.59 Å². The molecule has 1 aromatic heterocycles. The highest BCUT2D eigenvalue weighted by Crippen LogP contribution is 2.40. The minimum atomic E-state index is -0.371. The van der Waals surface area contributed by atoms with Crippen molar-refractivity contribution in [1.82, 2.24) is 9.88 Å². The Morgan fingerprint density at radius 3 is 2.52 bits per heavy atom. The molecule has 4 heterocycles. The maximum atomic E-state index is 14.4. The van der Waals surface area contributed by atoms with E-state index >= 15 is 0 Å². The van der Waals surface area contributed by atoms with Gasteiger partial charge in [0.1, 0.15) is 23.3 Å². The zero-order valence-electron chi connectivity index (χ0n) is 23.0. The van der Waals surface area contributed by atoms with Crippen molar-refractivity contribution in [2.24, 2.45) is 5.92 Å². The number of amides is 2. The minimum Gasteiger partial charge on any atom is -0.353 e. The normalized spacial score (nSPS) is 18.5. The van der Waals surface area contributed by atoms with E-state index < -0.39 is 0 Å². The van der Waals surface area contributed by atoms with Crippen LogP contribution in [0.2, 0.25) is 0 Å². The van der Waals surface area contributed by atoms with Crippen LogP contribution in [0.25, 0.3) is 10.8 Å². The van der Waals surface area contributed by atoms with Crippen LogP contribution in [0.15, 0.2) is 55.1 Å². The van der Waals surface area contributed by atoms with E-state index in [2.05, 4.69) is 24.8 Å². The number of anilines is 3. The molecule has 10 nitrogen and oxygen atoms in total. The van der Waals surface area contributed by atoms with Gasteiger partial charge in [-0.25, -0.2) is 4.98 Å². The highest BCUT2D eigenvalue weighted by molar-refractivity contribution is 6.14. The van der Waals surface area contributed by atoms with Crippen LogP contribution in [0.5, 0.6) is 0 Å². The molecule has 3 aromatic rings. The van der Waals surface area contributed by atoms with E-state index in [1.54, 1.807) is 9.80 Å².